The molecule has 1 rings (SSSR count). The first kappa shape index (κ1) is 16.1. The van der Waals surface area contributed by atoms with Gasteiger partial charge in [-0.2, -0.15) is 0 Å². The van der Waals surface area contributed by atoms with E-state index in [1.807, 2.05) is 13.8 Å². The highest BCUT2D eigenvalue weighted by Crippen LogP contribution is 2.24. The molecule has 1 aromatic rings. The van der Waals surface area contributed by atoms with Crippen LogP contribution in [0.5, 0.6) is 0 Å². The van der Waals surface area contributed by atoms with Crippen LogP contribution in [0, 0.1) is 26.2 Å². The lowest BCUT2D eigenvalue weighted by molar-refractivity contribution is -0.139. The molecule has 0 aliphatic rings. The van der Waals surface area contributed by atoms with E-state index in [2.05, 4.69) is 32.5 Å². The molecule has 3 N–H and O–H groups in total. The van der Waals surface area contributed by atoms with Gasteiger partial charge in [0.05, 0.1) is 0 Å². The van der Waals surface area contributed by atoms with Gasteiger partial charge in [-0.05, 0) is 37.1 Å². The summed E-state index contributed by atoms with van der Waals surface area (Å²) >= 11 is 3.43. The zero-order valence-electron chi connectivity index (χ0n) is 11.2. The summed E-state index contributed by atoms with van der Waals surface area (Å²) in [5, 5.41) is 13.8. The van der Waals surface area contributed by atoms with Gasteiger partial charge in [0.1, 0.15) is 6.04 Å². The number of carbonyl (C=O) groups is 2. The number of terminal acetylenes is 1. The molecule has 20 heavy (non-hydrogen) atoms. The Bertz CT molecular complexity index is 555. The van der Waals surface area contributed by atoms with Crippen LogP contribution in [0.25, 0.3) is 0 Å². The number of aryl methyl sites for hydroxylation is 2. The van der Waals surface area contributed by atoms with Gasteiger partial charge in [0.15, 0.2) is 0 Å². The Morgan fingerprint density at radius 2 is 1.95 bits per heavy atom. The van der Waals surface area contributed by atoms with Crippen molar-refractivity contribution in [3.8, 4) is 12.3 Å². The first-order valence-electron chi connectivity index (χ1n) is 5.85. The number of rotatable bonds is 4. The van der Waals surface area contributed by atoms with Gasteiger partial charge in [0, 0.05) is 16.6 Å². The zero-order valence-corrected chi connectivity index (χ0v) is 12.7. The monoisotopic (exact) mass is 338 g/mol. The highest BCUT2D eigenvalue weighted by Gasteiger charge is 2.18. The lowest BCUT2D eigenvalue weighted by Crippen LogP contribution is -2.42. The van der Waals surface area contributed by atoms with E-state index in [1.54, 1.807) is 12.1 Å². The number of benzene rings is 1. The molecular formula is C14H15BrN2O3. The molecule has 1 atom stereocenters. The number of urea groups is 1. The highest BCUT2D eigenvalue weighted by atomic mass is 79.9. The number of carbonyl (C=O) groups excluding carboxylic acids is 1. The van der Waals surface area contributed by atoms with Crippen molar-refractivity contribution in [2.75, 3.05) is 5.32 Å². The van der Waals surface area contributed by atoms with Gasteiger partial charge in [-0.3, -0.25) is 0 Å². The highest BCUT2D eigenvalue weighted by molar-refractivity contribution is 9.10. The van der Waals surface area contributed by atoms with E-state index in [4.69, 9.17) is 11.5 Å². The smallest absolute Gasteiger partial charge is 0.327 e. The Hall–Kier alpha value is -2.00. The third-order valence-corrected chi connectivity index (χ3v) is 3.87. The second kappa shape index (κ2) is 6.96. The fourth-order valence-corrected chi connectivity index (χ4v) is 1.89. The Morgan fingerprint density at radius 1 is 1.40 bits per heavy atom. The van der Waals surface area contributed by atoms with Gasteiger partial charge < -0.3 is 15.7 Å². The number of anilines is 1. The van der Waals surface area contributed by atoms with E-state index in [0.29, 0.717) is 5.69 Å². The first-order valence-corrected chi connectivity index (χ1v) is 6.65. The molecule has 0 fully saturated rings. The van der Waals surface area contributed by atoms with Crippen LogP contribution in [-0.2, 0) is 4.79 Å². The second-order valence-corrected chi connectivity index (χ2v) is 5.11. The molecule has 0 saturated heterocycles. The molecule has 106 valence electrons. The van der Waals surface area contributed by atoms with Crippen molar-refractivity contribution in [3.63, 3.8) is 0 Å². The van der Waals surface area contributed by atoms with Crippen molar-refractivity contribution < 1.29 is 14.7 Å². The third-order valence-electron chi connectivity index (χ3n) is 2.62. The van der Waals surface area contributed by atoms with Gasteiger partial charge >= 0.3 is 12.0 Å². The van der Waals surface area contributed by atoms with Crippen molar-refractivity contribution in [1.82, 2.24) is 5.32 Å². The van der Waals surface area contributed by atoms with Crippen LogP contribution in [0.3, 0.4) is 0 Å². The van der Waals surface area contributed by atoms with E-state index in [0.717, 1.165) is 15.6 Å². The normalized spacial score (nSPS) is 11.3. The fraction of sp³-hybridized carbons (Fsp3) is 0.286. The van der Waals surface area contributed by atoms with Crippen LogP contribution in [-0.4, -0.2) is 23.1 Å². The molecule has 0 aliphatic carbocycles. The molecule has 0 heterocycles. The van der Waals surface area contributed by atoms with Gasteiger partial charge in [-0.1, -0.05) is 15.9 Å². The largest absolute Gasteiger partial charge is 0.480 e. The lowest BCUT2D eigenvalue weighted by Gasteiger charge is -2.14. The molecule has 1 aromatic carbocycles. The molecule has 6 heteroatoms. The summed E-state index contributed by atoms with van der Waals surface area (Å²) in [4.78, 5) is 22.6. The van der Waals surface area contributed by atoms with Gasteiger partial charge in [0.25, 0.3) is 0 Å². The SMILES string of the molecule is C#CCC(NC(=O)Nc1cc(C)c(Br)c(C)c1)C(=O)O. The summed E-state index contributed by atoms with van der Waals surface area (Å²) in [7, 11) is 0. The maximum absolute atomic E-state index is 11.7. The lowest BCUT2D eigenvalue weighted by atomic mass is 10.1. The van der Waals surface area contributed by atoms with Crippen LogP contribution in [0.1, 0.15) is 17.5 Å². The minimum absolute atomic E-state index is 0.0683. The van der Waals surface area contributed by atoms with Crippen molar-refractivity contribution in [3.05, 3.63) is 27.7 Å². The standard InChI is InChI=1S/C14H15BrN2O3/c1-4-5-11(13(18)19)17-14(20)16-10-6-8(2)12(15)9(3)7-10/h1,6-7,11H,5H2,2-3H3,(H,18,19)(H2,16,17,20). The second-order valence-electron chi connectivity index (χ2n) is 4.32. The van der Waals surface area contributed by atoms with Crippen molar-refractivity contribution in [1.29, 1.82) is 0 Å². The van der Waals surface area contributed by atoms with Crippen molar-refractivity contribution in [2.45, 2.75) is 26.3 Å². The summed E-state index contributed by atoms with van der Waals surface area (Å²) in [5.74, 6) is 1.05. The molecule has 0 spiro atoms. The Labute approximate surface area is 125 Å². The minimum Gasteiger partial charge on any atom is -0.480 e. The van der Waals surface area contributed by atoms with E-state index in [9.17, 15) is 9.59 Å². The Balaban J connectivity index is 2.76. The van der Waals surface area contributed by atoms with Gasteiger partial charge in [-0.15, -0.1) is 12.3 Å². The van der Waals surface area contributed by atoms with Gasteiger partial charge in [0.2, 0.25) is 0 Å². The molecular weight excluding hydrogens is 324 g/mol. The number of nitrogens with one attached hydrogen (secondary N) is 2. The average Bonchev–Trinajstić information content (AvgIpc) is 2.35. The minimum atomic E-state index is -1.17. The molecule has 0 bridgehead atoms. The number of aliphatic carboxylic acids is 1. The summed E-state index contributed by atoms with van der Waals surface area (Å²) in [6.07, 6.45) is 4.99. The van der Waals surface area contributed by atoms with Crippen LogP contribution in [0.2, 0.25) is 0 Å². The van der Waals surface area contributed by atoms with Crippen molar-refractivity contribution >= 4 is 33.6 Å². The van der Waals surface area contributed by atoms with Crippen molar-refractivity contribution in [2.24, 2.45) is 0 Å². The summed E-state index contributed by atoms with van der Waals surface area (Å²) < 4.78 is 0.971. The topological polar surface area (TPSA) is 78.4 Å². The Morgan fingerprint density at radius 3 is 2.40 bits per heavy atom. The Kier molecular flexibility index (Phi) is 5.59. The van der Waals surface area contributed by atoms with E-state index >= 15 is 0 Å². The number of hydrogen-bond acceptors (Lipinski definition) is 2. The number of carboxylic acids is 1. The molecule has 1 unspecified atom stereocenters. The fourth-order valence-electron chi connectivity index (χ4n) is 1.66. The van der Waals surface area contributed by atoms with Crippen LogP contribution in [0.4, 0.5) is 10.5 Å². The number of amides is 2. The van der Waals surface area contributed by atoms with Gasteiger partial charge in [-0.25, -0.2) is 9.59 Å². The van der Waals surface area contributed by atoms with E-state index < -0.39 is 18.0 Å². The maximum Gasteiger partial charge on any atom is 0.327 e. The predicted octanol–water partition coefficient (Wildman–Crippen LogP) is 2.66. The quantitative estimate of drug-likeness (QED) is 0.738. The van der Waals surface area contributed by atoms with Crippen LogP contribution >= 0.6 is 15.9 Å². The predicted molar refractivity (Wildman–Crippen MR) is 80.6 cm³/mol. The molecule has 0 aliphatic heterocycles. The summed E-state index contributed by atoms with van der Waals surface area (Å²) in [6.45, 7) is 3.80. The molecule has 5 nitrogen and oxygen atoms in total. The molecule has 0 radical (unpaired) electrons. The third kappa shape index (κ3) is 4.28. The summed E-state index contributed by atoms with van der Waals surface area (Å²) in [6, 6.07) is 1.87. The van der Waals surface area contributed by atoms with E-state index in [-0.39, 0.29) is 6.42 Å². The summed E-state index contributed by atoms with van der Waals surface area (Å²) in [5.41, 5.74) is 2.53. The van der Waals surface area contributed by atoms with E-state index in [1.165, 1.54) is 0 Å². The number of halogens is 1. The molecule has 0 saturated carbocycles. The number of carboxylic acid groups (broad SMARTS) is 1. The zero-order chi connectivity index (χ0) is 15.3. The number of hydrogen-bond donors (Lipinski definition) is 3. The maximum atomic E-state index is 11.7. The molecule has 0 aromatic heterocycles. The molecule has 2 amide bonds. The van der Waals surface area contributed by atoms with Crippen LogP contribution in [0.15, 0.2) is 16.6 Å². The average molecular weight is 339 g/mol. The van der Waals surface area contributed by atoms with Crippen LogP contribution < -0.4 is 10.6 Å². The first-order chi connectivity index (χ1) is 9.35.